The van der Waals surface area contributed by atoms with Gasteiger partial charge in [0.05, 0.1) is 0 Å². The minimum Gasteiger partial charge on any atom is -0.321 e. The highest BCUT2D eigenvalue weighted by molar-refractivity contribution is 6.30. The van der Waals surface area contributed by atoms with E-state index in [-0.39, 0.29) is 11.6 Å². The summed E-state index contributed by atoms with van der Waals surface area (Å²) in [5, 5.41) is 6.01. The van der Waals surface area contributed by atoms with Gasteiger partial charge in [-0.05, 0) is 42.8 Å². The average molecular weight is 372 g/mol. The fraction of sp³-hybridized carbons (Fsp3) is 0.250. The van der Waals surface area contributed by atoms with Gasteiger partial charge in [0.1, 0.15) is 11.5 Å². The molecule has 1 aromatic carbocycles. The Labute approximate surface area is 158 Å². The quantitative estimate of drug-likeness (QED) is 0.792. The van der Waals surface area contributed by atoms with Gasteiger partial charge < -0.3 is 10.6 Å². The number of nitrogens with zero attached hydrogens (tertiary/aromatic N) is 1. The van der Waals surface area contributed by atoms with E-state index in [9.17, 15) is 9.59 Å². The molecule has 0 spiro atoms. The molecule has 6 heteroatoms. The van der Waals surface area contributed by atoms with Gasteiger partial charge in [0.2, 0.25) is 5.91 Å². The molecule has 2 N–H and O–H groups in total. The van der Waals surface area contributed by atoms with Crippen LogP contribution in [0.25, 0.3) is 6.08 Å². The van der Waals surface area contributed by atoms with Crippen molar-refractivity contribution in [2.75, 3.05) is 5.32 Å². The molecular weight excluding hydrogens is 350 g/mol. The van der Waals surface area contributed by atoms with Gasteiger partial charge in [-0.15, -0.1) is 0 Å². The van der Waals surface area contributed by atoms with Gasteiger partial charge in [-0.1, -0.05) is 50.6 Å². The maximum Gasteiger partial charge on any atom is 0.273 e. The van der Waals surface area contributed by atoms with Crippen molar-refractivity contribution in [2.24, 2.45) is 5.41 Å². The molecule has 0 aliphatic carbocycles. The average Bonchev–Trinajstić information content (AvgIpc) is 2.55. The van der Waals surface area contributed by atoms with Crippen molar-refractivity contribution in [1.29, 1.82) is 0 Å². The third kappa shape index (κ3) is 5.70. The van der Waals surface area contributed by atoms with Crippen LogP contribution in [0.5, 0.6) is 0 Å². The molecule has 0 bridgehead atoms. The summed E-state index contributed by atoms with van der Waals surface area (Å²) in [6.45, 7) is 7.17. The fourth-order valence-corrected chi connectivity index (χ4v) is 2.12. The lowest BCUT2D eigenvalue weighted by molar-refractivity contribution is -0.128. The summed E-state index contributed by atoms with van der Waals surface area (Å²) >= 11 is 5.90. The largest absolute Gasteiger partial charge is 0.321 e. The summed E-state index contributed by atoms with van der Waals surface area (Å²) < 4.78 is 0. The molecule has 0 radical (unpaired) electrons. The van der Waals surface area contributed by atoms with Crippen LogP contribution in [0.3, 0.4) is 0 Å². The van der Waals surface area contributed by atoms with Gasteiger partial charge in [-0.25, -0.2) is 4.98 Å². The Balaban J connectivity index is 2.31. The molecule has 0 atom stereocenters. The second-order valence-electron chi connectivity index (χ2n) is 6.93. The number of carbonyl (C=O) groups excluding carboxylic acids is 2. The van der Waals surface area contributed by atoms with Crippen LogP contribution >= 0.6 is 11.6 Å². The molecular formula is C20H22ClN3O2. The Bertz CT molecular complexity index is 837. The lowest BCUT2D eigenvalue weighted by Crippen LogP contribution is -2.38. The first-order chi connectivity index (χ1) is 12.1. The van der Waals surface area contributed by atoms with Crippen molar-refractivity contribution in [3.05, 3.63) is 64.4 Å². The fourth-order valence-electron chi connectivity index (χ4n) is 1.99. The highest BCUT2D eigenvalue weighted by Crippen LogP contribution is 2.16. The summed E-state index contributed by atoms with van der Waals surface area (Å²) in [7, 11) is 0. The Kier molecular flexibility index (Phi) is 6.16. The predicted octanol–water partition coefficient (Wildman–Crippen LogP) is 4.19. The van der Waals surface area contributed by atoms with Crippen molar-refractivity contribution in [3.63, 3.8) is 0 Å². The van der Waals surface area contributed by atoms with Crippen LogP contribution in [0.4, 0.5) is 5.82 Å². The number of aryl methyl sites for hydroxylation is 1. The van der Waals surface area contributed by atoms with Crippen molar-refractivity contribution >= 4 is 35.3 Å². The Hall–Kier alpha value is -2.66. The monoisotopic (exact) mass is 371 g/mol. The van der Waals surface area contributed by atoms with E-state index in [4.69, 9.17) is 11.6 Å². The molecule has 0 fully saturated rings. The van der Waals surface area contributed by atoms with E-state index >= 15 is 0 Å². The second kappa shape index (κ2) is 8.15. The van der Waals surface area contributed by atoms with E-state index in [2.05, 4.69) is 15.6 Å². The Morgan fingerprint density at radius 3 is 2.31 bits per heavy atom. The van der Waals surface area contributed by atoms with Crippen molar-refractivity contribution in [3.8, 4) is 0 Å². The number of amides is 2. The van der Waals surface area contributed by atoms with E-state index in [1.165, 1.54) is 0 Å². The summed E-state index contributed by atoms with van der Waals surface area (Å²) in [5.74, 6) is -0.289. The highest BCUT2D eigenvalue weighted by atomic mass is 35.5. The molecule has 2 aromatic rings. The SMILES string of the molecule is Cc1cccc(NC(=O)/C(=C\c2ccc(Cl)cc2)NC(=O)C(C)(C)C)n1. The van der Waals surface area contributed by atoms with Gasteiger partial charge in [0.15, 0.2) is 0 Å². The maximum atomic E-state index is 12.7. The third-order valence-electron chi connectivity index (χ3n) is 3.48. The van der Waals surface area contributed by atoms with Gasteiger partial charge in [0.25, 0.3) is 5.91 Å². The van der Waals surface area contributed by atoms with Crippen LogP contribution in [0.2, 0.25) is 5.02 Å². The number of hydrogen-bond acceptors (Lipinski definition) is 3. The number of rotatable bonds is 4. The minimum atomic E-state index is -0.638. The number of anilines is 1. The standard InChI is InChI=1S/C20H22ClN3O2/c1-13-6-5-7-17(22-13)24-18(25)16(23-19(26)20(2,3)4)12-14-8-10-15(21)11-9-14/h5-12H,1-4H3,(H,23,26)(H,22,24,25)/b16-12+. The number of pyridine rings is 1. The van der Waals surface area contributed by atoms with Crippen LogP contribution in [0.15, 0.2) is 48.2 Å². The predicted molar refractivity (Wildman–Crippen MR) is 105 cm³/mol. The lowest BCUT2D eigenvalue weighted by atomic mass is 9.95. The summed E-state index contributed by atoms with van der Waals surface area (Å²) in [6, 6.07) is 12.3. The normalized spacial score (nSPS) is 11.8. The number of benzene rings is 1. The van der Waals surface area contributed by atoms with E-state index in [0.29, 0.717) is 10.8 Å². The lowest BCUT2D eigenvalue weighted by Gasteiger charge is -2.19. The second-order valence-corrected chi connectivity index (χ2v) is 7.37. The number of aromatic nitrogens is 1. The van der Waals surface area contributed by atoms with E-state index < -0.39 is 11.3 Å². The number of hydrogen-bond donors (Lipinski definition) is 2. The van der Waals surface area contributed by atoms with Gasteiger partial charge in [0, 0.05) is 16.1 Å². The van der Waals surface area contributed by atoms with E-state index in [0.717, 1.165) is 11.3 Å². The number of carbonyl (C=O) groups is 2. The minimum absolute atomic E-state index is 0.135. The first kappa shape index (κ1) is 19.7. The molecule has 0 unspecified atom stereocenters. The molecule has 0 saturated heterocycles. The van der Waals surface area contributed by atoms with Gasteiger partial charge >= 0.3 is 0 Å². The van der Waals surface area contributed by atoms with Gasteiger partial charge in [-0.3, -0.25) is 9.59 Å². The molecule has 1 aromatic heterocycles. The van der Waals surface area contributed by atoms with Crippen molar-refractivity contribution < 1.29 is 9.59 Å². The first-order valence-corrected chi connectivity index (χ1v) is 8.57. The Morgan fingerprint density at radius 1 is 1.08 bits per heavy atom. The van der Waals surface area contributed by atoms with Crippen molar-refractivity contribution in [2.45, 2.75) is 27.7 Å². The third-order valence-corrected chi connectivity index (χ3v) is 3.74. The van der Waals surface area contributed by atoms with Crippen LogP contribution in [0, 0.1) is 12.3 Å². The zero-order chi connectivity index (χ0) is 19.3. The van der Waals surface area contributed by atoms with Crippen LogP contribution in [-0.4, -0.2) is 16.8 Å². The van der Waals surface area contributed by atoms with E-state index in [1.807, 2.05) is 13.0 Å². The molecule has 5 nitrogen and oxygen atoms in total. The molecule has 0 saturated carbocycles. The van der Waals surface area contributed by atoms with Crippen LogP contribution in [-0.2, 0) is 9.59 Å². The Morgan fingerprint density at radius 2 is 1.73 bits per heavy atom. The highest BCUT2D eigenvalue weighted by Gasteiger charge is 2.24. The molecule has 0 aliphatic rings. The summed E-state index contributed by atoms with van der Waals surface area (Å²) in [6.07, 6.45) is 1.60. The molecule has 0 aliphatic heterocycles. The topological polar surface area (TPSA) is 71.1 Å². The van der Waals surface area contributed by atoms with Gasteiger partial charge in [-0.2, -0.15) is 0 Å². The molecule has 2 rings (SSSR count). The smallest absolute Gasteiger partial charge is 0.273 e. The summed E-state index contributed by atoms with van der Waals surface area (Å²) in [4.78, 5) is 29.3. The molecule has 26 heavy (non-hydrogen) atoms. The molecule has 2 amide bonds. The first-order valence-electron chi connectivity index (χ1n) is 8.19. The van der Waals surface area contributed by atoms with Crippen LogP contribution < -0.4 is 10.6 Å². The van der Waals surface area contributed by atoms with Crippen molar-refractivity contribution in [1.82, 2.24) is 10.3 Å². The number of nitrogens with one attached hydrogen (secondary N) is 2. The maximum absolute atomic E-state index is 12.7. The van der Waals surface area contributed by atoms with E-state index in [1.54, 1.807) is 63.2 Å². The molecule has 136 valence electrons. The number of halogens is 1. The summed E-state index contributed by atoms with van der Waals surface area (Å²) in [5.41, 5.74) is 1.02. The molecule has 1 heterocycles. The zero-order valence-corrected chi connectivity index (χ0v) is 16.0. The zero-order valence-electron chi connectivity index (χ0n) is 15.3. The van der Waals surface area contributed by atoms with Crippen LogP contribution in [0.1, 0.15) is 32.0 Å².